The van der Waals surface area contributed by atoms with Gasteiger partial charge < -0.3 is 14.5 Å². The number of anilines is 1. The predicted molar refractivity (Wildman–Crippen MR) is 122 cm³/mol. The van der Waals surface area contributed by atoms with Crippen LogP contribution >= 0.6 is 11.6 Å². The summed E-state index contributed by atoms with van der Waals surface area (Å²) in [5.41, 5.74) is 1.01. The Kier molecular flexibility index (Phi) is 6.48. The molecule has 1 fully saturated rings. The number of carbonyl (C=O) groups excluding carboxylic acids is 1. The number of rotatable bonds is 5. The highest BCUT2D eigenvalue weighted by atomic mass is 35.5. The van der Waals surface area contributed by atoms with Gasteiger partial charge in [0, 0.05) is 42.8 Å². The van der Waals surface area contributed by atoms with Crippen molar-refractivity contribution in [2.45, 2.75) is 13.0 Å². The van der Waals surface area contributed by atoms with Crippen LogP contribution in [0.3, 0.4) is 0 Å². The summed E-state index contributed by atoms with van der Waals surface area (Å²) < 4.78 is 5.81. The number of benzene rings is 2. The highest BCUT2D eigenvalue weighted by Gasteiger charge is 2.27. The van der Waals surface area contributed by atoms with Crippen LogP contribution in [0.25, 0.3) is 6.08 Å². The van der Waals surface area contributed by atoms with Crippen molar-refractivity contribution in [1.29, 1.82) is 0 Å². The fourth-order valence-electron chi connectivity index (χ4n) is 3.53. The van der Waals surface area contributed by atoms with Gasteiger partial charge in [-0.2, -0.15) is 0 Å². The number of carbonyl (C=O) groups is 1. The smallest absolute Gasteiger partial charge is 0.246 e. The molecule has 7 heteroatoms. The van der Waals surface area contributed by atoms with Gasteiger partial charge in [-0.3, -0.25) is 4.79 Å². The summed E-state index contributed by atoms with van der Waals surface area (Å²) in [6, 6.07) is 18.8. The summed E-state index contributed by atoms with van der Waals surface area (Å²) in [6.07, 6.45) is 4.98. The van der Waals surface area contributed by atoms with Crippen molar-refractivity contribution in [2.24, 2.45) is 0 Å². The zero-order valence-corrected chi connectivity index (χ0v) is 17.9. The first-order chi connectivity index (χ1) is 15.1. The number of nitrogens with zero attached hydrogens (tertiary/aromatic N) is 4. The summed E-state index contributed by atoms with van der Waals surface area (Å²) in [6.45, 7) is 4.03. The van der Waals surface area contributed by atoms with Gasteiger partial charge in [0.2, 0.25) is 11.8 Å². The number of hydrogen-bond donors (Lipinski definition) is 0. The molecule has 0 radical (unpaired) electrons. The second-order valence-corrected chi connectivity index (χ2v) is 7.78. The van der Waals surface area contributed by atoms with E-state index >= 15 is 0 Å². The molecule has 1 aromatic heterocycles. The number of piperazine rings is 1. The largest absolute Gasteiger partial charge is 0.439 e. The monoisotopic (exact) mass is 434 g/mol. The zero-order valence-electron chi connectivity index (χ0n) is 17.2. The Morgan fingerprint density at radius 1 is 1.10 bits per heavy atom. The van der Waals surface area contributed by atoms with Gasteiger partial charge in [-0.25, -0.2) is 9.97 Å². The fourth-order valence-corrected chi connectivity index (χ4v) is 3.71. The first-order valence-corrected chi connectivity index (χ1v) is 10.5. The first-order valence-electron chi connectivity index (χ1n) is 10.1. The van der Waals surface area contributed by atoms with E-state index < -0.39 is 0 Å². The minimum absolute atomic E-state index is 0.0173. The molecule has 0 saturated carbocycles. The van der Waals surface area contributed by atoms with Crippen LogP contribution in [0.1, 0.15) is 12.5 Å². The van der Waals surface area contributed by atoms with E-state index in [1.807, 2.05) is 60.4 Å². The second-order valence-electron chi connectivity index (χ2n) is 7.34. The van der Waals surface area contributed by atoms with Crippen molar-refractivity contribution in [1.82, 2.24) is 14.9 Å². The van der Waals surface area contributed by atoms with Gasteiger partial charge >= 0.3 is 0 Å². The Balaban J connectivity index is 1.39. The standard InChI is InChI=1S/C24H23ClN4O2/c1-18-16-28(12-13-29(18)24(30)11-10-19-6-3-2-4-7-19)22-15-23(27-17-26-22)31-21-9-5-8-20(25)14-21/h2-11,14-15,17-18H,12-13,16H2,1H3/b11-10+. The van der Waals surface area contributed by atoms with Crippen LogP contribution in [0.15, 0.2) is 73.1 Å². The first kappa shape index (κ1) is 20.9. The van der Waals surface area contributed by atoms with Gasteiger partial charge in [-0.1, -0.05) is 48.0 Å². The predicted octanol–water partition coefficient (Wildman–Crippen LogP) is 4.67. The number of ether oxygens (including phenoxy) is 1. The normalized spacial score (nSPS) is 16.5. The van der Waals surface area contributed by atoms with Crippen LogP contribution in [0, 0.1) is 0 Å². The topological polar surface area (TPSA) is 58.6 Å². The molecule has 0 aliphatic carbocycles. The zero-order chi connectivity index (χ0) is 21.6. The summed E-state index contributed by atoms with van der Waals surface area (Å²) >= 11 is 6.02. The maximum Gasteiger partial charge on any atom is 0.246 e. The highest BCUT2D eigenvalue weighted by molar-refractivity contribution is 6.30. The summed E-state index contributed by atoms with van der Waals surface area (Å²) in [7, 11) is 0. The molecule has 2 aromatic carbocycles. The van der Waals surface area contributed by atoms with E-state index in [4.69, 9.17) is 16.3 Å². The van der Waals surface area contributed by atoms with Crippen LogP contribution in [0.4, 0.5) is 5.82 Å². The highest BCUT2D eigenvalue weighted by Crippen LogP contribution is 2.25. The van der Waals surface area contributed by atoms with E-state index in [-0.39, 0.29) is 11.9 Å². The molecule has 1 saturated heterocycles. The van der Waals surface area contributed by atoms with Crippen LogP contribution in [0.5, 0.6) is 11.6 Å². The van der Waals surface area contributed by atoms with Crippen LogP contribution < -0.4 is 9.64 Å². The molecule has 1 aliphatic rings. The van der Waals surface area contributed by atoms with Gasteiger partial charge in [-0.15, -0.1) is 0 Å². The molecule has 3 aromatic rings. The lowest BCUT2D eigenvalue weighted by molar-refractivity contribution is -0.128. The molecule has 1 atom stereocenters. The van der Waals surface area contributed by atoms with Gasteiger partial charge in [0.15, 0.2) is 0 Å². The molecule has 1 unspecified atom stereocenters. The van der Waals surface area contributed by atoms with Gasteiger partial charge in [0.25, 0.3) is 0 Å². The lowest BCUT2D eigenvalue weighted by atomic mass is 10.1. The van der Waals surface area contributed by atoms with Crippen LogP contribution in [-0.2, 0) is 4.79 Å². The number of hydrogen-bond acceptors (Lipinski definition) is 5. The van der Waals surface area contributed by atoms with Crippen molar-refractivity contribution in [2.75, 3.05) is 24.5 Å². The van der Waals surface area contributed by atoms with Crippen molar-refractivity contribution in [3.63, 3.8) is 0 Å². The van der Waals surface area contributed by atoms with Gasteiger partial charge in [0.1, 0.15) is 17.9 Å². The van der Waals surface area contributed by atoms with Crippen molar-refractivity contribution < 1.29 is 9.53 Å². The van der Waals surface area contributed by atoms with E-state index in [1.54, 1.807) is 24.3 Å². The molecule has 31 heavy (non-hydrogen) atoms. The SMILES string of the molecule is CC1CN(c2cc(Oc3cccc(Cl)c3)ncn2)CCN1C(=O)/C=C/c1ccccc1. The fraction of sp³-hybridized carbons (Fsp3) is 0.208. The van der Waals surface area contributed by atoms with Crippen molar-refractivity contribution in [3.8, 4) is 11.6 Å². The minimum atomic E-state index is 0.0173. The third-order valence-corrected chi connectivity index (χ3v) is 5.33. The third kappa shape index (κ3) is 5.41. The molecule has 0 bridgehead atoms. The van der Waals surface area contributed by atoms with E-state index in [9.17, 15) is 4.79 Å². The number of aromatic nitrogens is 2. The molecule has 1 amide bonds. The lowest BCUT2D eigenvalue weighted by Gasteiger charge is -2.40. The Labute approximate surface area is 186 Å². The third-order valence-electron chi connectivity index (χ3n) is 5.10. The van der Waals surface area contributed by atoms with E-state index in [2.05, 4.69) is 14.9 Å². The molecule has 0 N–H and O–H groups in total. The average Bonchev–Trinajstić information content (AvgIpc) is 2.78. The maximum atomic E-state index is 12.7. The Bertz CT molecular complexity index is 1070. The Hall–Kier alpha value is -3.38. The molecule has 6 nitrogen and oxygen atoms in total. The number of halogens is 1. The van der Waals surface area contributed by atoms with E-state index in [0.29, 0.717) is 36.3 Å². The van der Waals surface area contributed by atoms with Crippen molar-refractivity contribution in [3.05, 3.63) is 83.7 Å². The Morgan fingerprint density at radius 2 is 1.94 bits per heavy atom. The molecule has 0 spiro atoms. The molecule has 158 valence electrons. The second kappa shape index (κ2) is 9.62. The van der Waals surface area contributed by atoms with Crippen LogP contribution in [-0.4, -0.2) is 46.5 Å². The number of amides is 1. The van der Waals surface area contributed by atoms with Crippen molar-refractivity contribution >= 4 is 29.4 Å². The van der Waals surface area contributed by atoms with Gasteiger partial charge in [-0.05, 0) is 36.8 Å². The Morgan fingerprint density at radius 3 is 2.71 bits per heavy atom. The van der Waals surface area contributed by atoms with E-state index in [0.717, 1.165) is 11.4 Å². The summed E-state index contributed by atoms with van der Waals surface area (Å²) in [5, 5.41) is 0.600. The van der Waals surface area contributed by atoms with Crippen LogP contribution in [0.2, 0.25) is 5.02 Å². The van der Waals surface area contributed by atoms with E-state index in [1.165, 1.54) is 6.33 Å². The lowest BCUT2D eigenvalue weighted by Crippen LogP contribution is -2.54. The quantitative estimate of drug-likeness (QED) is 0.546. The maximum absolute atomic E-state index is 12.7. The van der Waals surface area contributed by atoms with Gasteiger partial charge in [0.05, 0.1) is 0 Å². The molecule has 4 rings (SSSR count). The summed E-state index contributed by atoms with van der Waals surface area (Å²) in [5.74, 6) is 1.85. The average molecular weight is 435 g/mol. The summed E-state index contributed by atoms with van der Waals surface area (Å²) in [4.78, 5) is 25.3. The molecule has 2 heterocycles. The molecule has 1 aliphatic heterocycles. The minimum Gasteiger partial charge on any atom is -0.439 e. The molecular formula is C24H23ClN4O2. The molecular weight excluding hydrogens is 412 g/mol.